The number of hydrogen-bond acceptors (Lipinski definition) is 3. The van der Waals surface area contributed by atoms with Crippen LogP contribution in [0.2, 0.25) is 0 Å². The van der Waals surface area contributed by atoms with E-state index in [1.807, 2.05) is 17.6 Å². The van der Waals surface area contributed by atoms with Crippen molar-refractivity contribution < 1.29 is 45.3 Å². The second-order valence-corrected chi connectivity index (χ2v) is 4.72. The van der Waals surface area contributed by atoms with Crippen LogP contribution < -0.4 is 29.6 Å². The summed E-state index contributed by atoms with van der Waals surface area (Å²) >= 11 is 0. The summed E-state index contributed by atoms with van der Waals surface area (Å²) in [6.45, 7) is 2.13. The number of nitrogens with zero attached hydrogens (tertiary/aromatic N) is 3. The van der Waals surface area contributed by atoms with E-state index < -0.39 is 11.8 Å². The second-order valence-electron chi connectivity index (χ2n) is 4.72. The van der Waals surface area contributed by atoms with Gasteiger partial charge in [0, 0.05) is 11.8 Å². The number of benzene rings is 1. The third-order valence-corrected chi connectivity index (χ3v) is 3.37. The van der Waals surface area contributed by atoms with Crippen molar-refractivity contribution in [1.29, 1.82) is 0 Å². The first kappa shape index (κ1) is 16.6. The molecule has 3 rings (SSSR count). The third kappa shape index (κ3) is 3.04. The maximum Gasteiger partial charge on any atom is 1.00 e. The number of aromatic carboxylic acids is 1. The van der Waals surface area contributed by atoms with Gasteiger partial charge in [-0.15, -0.1) is 0 Å². The molecule has 22 heavy (non-hydrogen) atoms. The monoisotopic (exact) mass is 309 g/mol. The quantitative estimate of drug-likeness (QED) is 0.677. The maximum atomic E-state index is 14.0. The Labute approximate surface area is 149 Å². The number of fused-ring (bicyclic) bond motifs is 1. The van der Waals surface area contributed by atoms with Gasteiger partial charge in [-0.05, 0) is 25.1 Å². The Hall–Kier alpha value is -1.76. The predicted octanol–water partition coefficient (Wildman–Crippen LogP) is -0.258. The number of aryl methyl sites for hydroxylation is 1. The van der Waals surface area contributed by atoms with Crippen molar-refractivity contribution in [3.63, 3.8) is 0 Å². The van der Waals surface area contributed by atoms with Gasteiger partial charge in [0.1, 0.15) is 17.2 Å². The normalized spacial score (nSPS) is 10.5. The molecule has 7 heteroatoms. The van der Waals surface area contributed by atoms with Gasteiger partial charge >= 0.3 is 35.5 Å². The van der Waals surface area contributed by atoms with Gasteiger partial charge in [-0.2, -0.15) is 0 Å². The van der Waals surface area contributed by atoms with E-state index in [4.69, 9.17) is 5.11 Å². The molecule has 1 aromatic carbocycles. The van der Waals surface area contributed by atoms with Crippen molar-refractivity contribution >= 4 is 17.0 Å². The number of hydrogen-bond donors (Lipinski definition) is 1. The SMILES string of the molecule is Cc1nc2cnccc2n1Cc1ccc(C(=O)O)cc1F.[H-].[Na+]. The summed E-state index contributed by atoms with van der Waals surface area (Å²) < 4.78 is 15.9. The standard InChI is InChI=1S/C15H12FN3O2.Na.H/c1-9-18-13-7-17-5-4-14(13)19(9)8-11-3-2-10(15(20)21)6-12(11)16;;/h2-7H,8H2,1H3,(H,20,21);;/q;+1;-1. The van der Waals surface area contributed by atoms with Crippen molar-refractivity contribution in [3.05, 3.63) is 59.4 Å². The van der Waals surface area contributed by atoms with Gasteiger partial charge in [0.05, 0.1) is 23.8 Å². The van der Waals surface area contributed by atoms with E-state index in [-0.39, 0.29) is 43.1 Å². The van der Waals surface area contributed by atoms with Crippen molar-refractivity contribution in [3.8, 4) is 0 Å². The average molecular weight is 309 g/mol. The molecule has 0 aliphatic heterocycles. The molecule has 0 saturated carbocycles. The Bertz CT molecular complexity index is 854. The van der Waals surface area contributed by atoms with E-state index in [0.717, 1.165) is 22.9 Å². The van der Waals surface area contributed by atoms with E-state index >= 15 is 0 Å². The Morgan fingerprint density at radius 1 is 1.41 bits per heavy atom. The van der Waals surface area contributed by atoms with Gasteiger partial charge in [-0.1, -0.05) is 6.07 Å². The molecule has 0 radical (unpaired) electrons. The molecule has 0 spiro atoms. The van der Waals surface area contributed by atoms with Crippen molar-refractivity contribution in [2.24, 2.45) is 0 Å². The molecule has 0 aliphatic rings. The van der Waals surface area contributed by atoms with Crippen molar-refractivity contribution in [2.75, 3.05) is 0 Å². The van der Waals surface area contributed by atoms with Crippen LogP contribution in [0.15, 0.2) is 36.7 Å². The molecule has 0 atom stereocenters. The van der Waals surface area contributed by atoms with E-state index in [2.05, 4.69) is 9.97 Å². The first-order valence-corrected chi connectivity index (χ1v) is 6.35. The molecular formula is C15H13FN3NaO2. The minimum Gasteiger partial charge on any atom is -1.00 e. The van der Waals surface area contributed by atoms with Crippen LogP contribution in [-0.2, 0) is 6.54 Å². The van der Waals surface area contributed by atoms with E-state index in [0.29, 0.717) is 5.56 Å². The Balaban J connectivity index is 0.00000132. The van der Waals surface area contributed by atoms with E-state index in [1.54, 1.807) is 12.4 Å². The molecule has 0 amide bonds. The predicted molar refractivity (Wildman–Crippen MR) is 75.8 cm³/mol. The molecule has 5 nitrogen and oxygen atoms in total. The second kappa shape index (κ2) is 6.56. The third-order valence-electron chi connectivity index (χ3n) is 3.37. The largest absolute Gasteiger partial charge is 1.00 e. The minimum atomic E-state index is -1.14. The number of pyridine rings is 1. The molecule has 0 unspecified atom stereocenters. The van der Waals surface area contributed by atoms with E-state index in [9.17, 15) is 9.18 Å². The van der Waals surface area contributed by atoms with Crippen LogP contribution in [0.3, 0.4) is 0 Å². The molecule has 1 N–H and O–H groups in total. The molecule has 0 aliphatic carbocycles. The van der Waals surface area contributed by atoms with Crippen molar-refractivity contribution in [1.82, 2.24) is 14.5 Å². The fourth-order valence-corrected chi connectivity index (χ4v) is 2.28. The Morgan fingerprint density at radius 3 is 2.86 bits per heavy atom. The van der Waals surface area contributed by atoms with Crippen molar-refractivity contribution in [2.45, 2.75) is 13.5 Å². The molecule has 2 heterocycles. The van der Waals surface area contributed by atoms with Crippen LogP contribution in [0.1, 0.15) is 23.2 Å². The van der Waals surface area contributed by atoms with Gasteiger partial charge in [-0.3, -0.25) is 4.98 Å². The fraction of sp³-hybridized carbons (Fsp3) is 0.133. The fourth-order valence-electron chi connectivity index (χ4n) is 2.28. The number of carboxylic acids is 1. The Kier molecular flexibility index (Phi) is 4.95. The molecule has 0 fully saturated rings. The summed E-state index contributed by atoms with van der Waals surface area (Å²) in [5, 5.41) is 8.85. The number of carboxylic acid groups (broad SMARTS) is 1. The molecular weight excluding hydrogens is 296 g/mol. The molecule has 3 aromatic rings. The van der Waals surface area contributed by atoms with Gasteiger partial charge in [0.2, 0.25) is 0 Å². The van der Waals surface area contributed by atoms with Gasteiger partial charge < -0.3 is 11.1 Å². The summed E-state index contributed by atoms with van der Waals surface area (Å²) in [7, 11) is 0. The van der Waals surface area contributed by atoms with Crippen LogP contribution in [0.4, 0.5) is 4.39 Å². The van der Waals surface area contributed by atoms with Gasteiger partial charge in [0.15, 0.2) is 0 Å². The molecule has 0 saturated heterocycles. The summed E-state index contributed by atoms with van der Waals surface area (Å²) in [6, 6.07) is 5.74. The van der Waals surface area contributed by atoms with E-state index in [1.165, 1.54) is 12.1 Å². The summed E-state index contributed by atoms with van der Waals surface area (Å²) in [6.07, 6.45) is 3.31. The molecule has 108 valence electrons. The first-order chi connectivity index (χ1) is 10.1. The van der Waals surface area contributed by atoms with Crippen LogP contribution in [0, 0.1) is 12.7 Å². The summed E-state index contributed by atoms with van der Waals surface area (Å²) in [5.41, 5.74) is 1.97. The number of halogens is 1. The number of aromatic nitrogens is 3. The molecule has 0 bridgehead atoms. The zero-order valence-corrected chi connectivity index (χ0v) is 14.2. The summed E-state index contributed by atoms with van der Waals surface area (Å²) in [4.78, 5) is 19.2. The average Bonchev–Trinajstić information content (AvgIpc) is 2.77. The smallest absolute Gasteiger partial charge is 1.00 e. The van der Waals surface area contributed by atoms with Crippen LogP contribution in [-0.4, -0.2) is 25.6 Å². The van der Waals surface area contributed by atoms with Crippen LogP contribution >= 0.6 is 0 Å². The first-order valence-electron chi connectivity index (χ1n) is 6.35. The number of rotatable bonds is 3. The van der Waals surface area contributed by atoms with Crippen LogP contribution in [0.25, 0.3) is 11.0 Å². The minimum absolute atomic E-state index is 0. The zero-order valence-electron chi connectivity index (χ0n) is 13.2. The zero-order chi connectivity index (χ0) is 15.0. The Morgan fingerprint density at radius 2 is 2.18 bits per heavy atom. The number of imidazole rings is 1. The summed E-state index contributed by atoms with van der Waals surface area (Å²) in [5.74, 6) is -0.930. The number of carbonyl (C=O) groups is 1. The van der Waals surface area contributed by atoms with Crippen LogP contribution in [0.5, 0.6) is 0 Å². The molecule has 2 aromatic heterocycles. The van der Waals surface area contributed by atoms with Gasteiger partial charge in [0.25, 0.3) is 0 Å². The maximum absolute atomic E-state index is 14.0. The van der Waals surface area contributed by atoms with Gasteiger partial charge in [-0.25, -0.2) is 14.2 Å². The topological polar surface area (TPSA) is 68.0 Å².